The molecule has 2 atom stereocenters. The van der Waals surface area contributed by atoms with Crippen molar-refractivity contribution in [3.8, 4) is 6.07 Å². The third-order valence-corrected chi connectivity index (χ3v) is 2.82. The fourth-order valence-corrected chi connectivity index (χ4v) is 2.15. The van der Waals surface area contributed by atoms with Gasteiger partial charge < -0.3 is 4.74 Å². The molecular formula is C9H14N2O. The van der Waals surface area contributed by atoms with Crippen LogP contribution in [0.3, 0.4) is 0 Å². The average Bonchev–Trinajstić information content (AvgIpc) is 2.74. The smallest absolute Gasteiger partial charge is 0.0981 e. The number of nitriles is 1. The average molecular weight is 166 g/mol. The van der Waals surface area contributed by atoms with Crippen molar-refractivity contribution in [2.45, 2.75) is 31.3 Å². The second-order valence-corrected chi connectivity index (χ2v) is 3.54. The van der Waals surface area contributed by atoms with Gasteiger partial charge in [-0.1, -0.05) is 0 Å². The van der Waals surface area contributed by atoms with Gasteiger partial charge in [-0.15, -0.1) is 0 Å². The van der Waals surface area contributed by atoms with Crippen LogP contribution in [0.5, 0.6) is 0 Å². The van der Waals surface area contributed by atoms with Crippen molar-refractivity contribution in [1.29, 1.82) is 5.26 Å². The fourth-order valence-electron chi connectivity index (χ4n) is 2.15. The summed E-state index contributed by atoms with van der Waals surface area (Å²) in [5.41, 5.74) is 0. The molecular weight excluding hydrogens is 152 g/mol. The van der Waals surface area contributed by atoms with Crippen molar-refractivity contribution in [2.75, 3.05) is 19.8 Å². The quantitative estimate of drug-likeness (QED) is 0.577. The van der Waals surface area contributed by atoms with Crippen LogP contribution in [0.15, 0.2) is 0 Å². The van der Waals surface area contributed by atoms with E-state index in [1.807, 2.05) is 0 Å². The number of ether oxygens (including phenoxy) is 1. The van der Waals surface area contributed by atoms with Crippen molar-refractivity contribution in [2.24, 2.45) is 0 Å². The lowest BCUT2D eigenvalue weighted by molar-refractivity contribution is 0.148. The fraction of sp³-hybridized carbons (Fsp3) is 0.889. The number of hydrogen-bond donors (Lipinski definition) is 0. The van der Waals surface area contributed by atoms with Gasteiger partial charge >= 0.3 is 0 Å². The molecule has 2 unspecified atom stereocenters. The monoisotopic (exact) mass is 166 g/mol. The van der Waals surface area contributed by atoms with E-state index in [1.54, 1.807) is 0 Å². The van der Waals surface area contributed by atoms with Crippen molar-refractivity contribution < 1.29 is 4.74 Å². The van der Waals surface area contributed by atoms with Crippen LogP contribution in [0.1, 0.15) is 19.3 Å². The van der Waals surface area contributed by atoms with Crippen LogP contribution in [-0.2, 0) is 4.74 Å². The summed E-state index contributed by atoms with van der Waals surface area (Å²) in [6.07, 6.45) is 3.33. The number of rotatable bonds is 1. The number of hydrogen-bond acceptors (Lipinski definition) is 3. The Kier molecular flexibility index (Phi) is 2.29. The second kappa shape index (κ2) is 3.42. The van der Waals surface area contributed by atoms with Crippen LogP contribution in [0, 0.1) is 11.3 Å². The normalized spacial score (nSPS) is 36.9. The summed E-state index contributed by atoms with van der Waals surface area (Å²) >= 11 is 0. The molecule has 12 heavy (non-hydrogen) atoms. The van der Waals surface area contributed by atoms with E-state index in [0.29, 0.717) is 6.04 Å². The van der Waals surface area contributed by atoms with E-state index in [-0.39, 0.29) is 6.04 Å². The van der Waals surface area contributed by atoms with E-state index in [0.717, 1.165) is 32.6 Å². The van der Waals surface area contributed by atoms with E-state index >= 15 is 0 Å². The minimum atomic E-state index is 0.164. The Hall–Kier alpha value is -0.590. The Morgan fingerprint density at radius 2 is 2.33 bits per heavy atom. The highest BCUT2D eigenvalue weighted by Gasteiger charge is 2.32. The predicted molar refractivity (Wildman–Crippen MR) is 44.6 cm³/mol. The summed E-state index contributed by atoms with van der Waals surface area (Å²) in [5, 5.41) is 8.86. The molecule has 2 heterocycles. The summed E-state index contributed by atoms with van der Waals surface area (Å²) in [6, 6.07) is 3.05. The van der Waals surface area contributed by atoms with Gasteiger partial charge in [0, 0.05) is 12.6 Å². The first-order valence-electron chi connectivity index (χ1n) is 4.65. The molecule has 0 amide bonds. The van der Waals surface area contributed by atoms with Gasteiger partial charge in [-0.25, -0.2) is 0 Å². The van der Waals surface area contributed by atoms with Gasteiger partial charge in [0.25, 0.3) is 0 Å². The Bertz CT molecular complexity index is 193. The molecule has 0 aromatic heterocycles. The standard InChI is InChI=1S/C9H14N2O/c10-6-8-2-1-4-11(8)9-3-5-12-7-9/h8-9H,1-5,7H2. The Labute approximate surface area is 72.9 Å². The Balaban J connectivity index is 1.97. The molecule has 2 saturated heterocycles. The zero-order chi connectivity index (χ0) is 8.39. The molecule has 0 aliphatic carbocycles. The summed E-state index contributed by atoms with van der Waals surface area (Å²) in [5.74, 6) is 0. The third kappa shape index (κ3) is 1.33. The number of likely N-dealkylation sites (tertiary alicyclic amines) is 1. The molecule has 0 aromatic rings. The van der Waals surface area contributed by atoms with Crippen molar-refractivity contribution in [1.82, 2.24) is 4.90 Å². The summed E-state index contributed by atoms with van der Waals surface area (Å²) < 4.78 is 5.31. The van der Waals surface area contributed by atoms with Crippen molar-refractivity contribution >= 4 is 0 Å². The molecule has 0 spiro atoms. The van der Waals surface area contributed by atoms with Crippen LogP contribution in [0.25, 0.3) is 0 Å². The maximum Gasteiger partial charge on any atom is 0.0981 e. The lowest BCUT2D eigenvalue weighted by atomic mass is 10.2. The molecule has 0 bridgehead atoms. The molecule has 3 heteroatoms. The third-order valence-electron chi connectivity index (χ3n) is 2.82. The topological polar surface area (TPSA) is 36.3 Å². The minimum absolute atomic E-state index is 0.164. The van der Waals surface area contributed by atoms with Crippen LogP contribution in [-0.4, -0.2) is 36.7 Å². The van der Waals surface area contributed by atoms with Crippen molar-refractivity contribution in [3.05, 3.63) is 0 Å². The highest BCUT2D eigenvalue weighted by Crippen LogP contribution is 2.23. The summed E-state index contributed by atoms with van der Waals surface area (Å²) in [6.45, 7) is 2.80. The Morgan fingerprint density at radius 3 is 3.00 bits per heavy atom. The van der Waals surface area contributed by atoms with E-state index in [2.05, 4.69) is 11.0 Å². The molecule has 3 nitrogen and oxygen atoms in total. The van der Waals surface area contributed by atoms with E-state index in [1.165, 1.54) is 6.42 Å². The molecule has 2 aliphatic rings. The van der Waals surface area contributed by atoms with Crippen LogP contribution >= 0.6 is 0 Å². The van der Waals surface area contributed by atoms with E-state index in [4.69, 9.17) is 10.00 Å². The highest BCUT2D eigenvalue weighted by atomic mass is 16.5. The van der Waals surface area contributed by atoms with Gasteiger partial charge in [-0.05, 0) is 25.8 Å². The summed E-state index contributed by atoms with van der Waals surface area (Å²) in [4.78, 5) is 2.31. The maximum absolute atomic E-state index is 8.86. The van der Waals surface area contributed by atoms with Gasteiger partial charge in [0.1, 0.15) is 0 Å². The number of nitrogens with zero attached hydrogens (tertiary/aromatic N) is 2. The van der Waals surface area contributed by atoms with Crippen LogP contribution in [0.4, 0.5) is 0 Å². The first-order chi connectivity index (χ1) is 5.92. The van der Waals surface area contributed by atoms with Gasteiger partial charge in [-0.2, -0.15) is 5.26 Å². The van der Waals surface area contributed by atoms with E-state index in [9.17, 15) is 0 Å². The van der Waals surface area contributed by atoms with Gasteiger partial charge in [0.05, 0.1) is 18.7 Å². The van der Waals surface area contributed by atoms with Gasteiger partial charge in [0.15, 0.2) is 0 Å². The molecule has 2 fully saturated rings. The molecule has 66 valence electrons. The first kappa shape index (κ1) is 8.03. The molecule has 2 aliphatic heterocycles. The van der Waals surface area contributed by atoms with E-state index < -0.39 is 0 Å². The maximum atomic E-state index is 8.86. The zero-order valence-corrected chi connectivity index (χ0v) is 7.20. The molecule has 0 saturated carbocycles. The lowest BCUT2D eigenvalue weighted by Gasteiger charge is -2.24. The lowest BCUT2D eigenvalue weighted by Crippen LogP contribution is -2.38. The van der Waals surface area contributed by atoms with Gasteiger partial charge in [-0.3, -0.25) is 4.90 Å². The summed E-state index contributed by atoms with van der Waals surface area (Å²) in [7, 11) is 0. The van der Waals surface area contributed by atoms with Crippen molar-refractivity contribution in [3.63, 3.8) is 0 Å². The highest BCUT2D eigenvalue weighted by molar-refractivity contribution is 4.98. The SMILES string of the molecule is N#CC1CCCN1C1CCOC1. The molecule has 2 rings (SSSR count). The van der Waals surface area contributed by atoms with Crippen LogP contribution in [0.2, 0.25) is 0 Å². The largest absolute Gasteiger partial charge is 0.380 e. The molecule has 0 aromatic carbocycles. The second-order valence-electron chi connectivity index (χ2n) is 3.54. The zero-order valence-electron chi connectivity index (χ0n) is 7.20. The minimum Gasteiger partial charge on any atom is -0.380 e. The Morgan fingerprint density at radius 1 is 1.42 bits per heavy atom. The van der Waals surface area contributed by atoms with Crippen LogP contribution < -0.4 is 0 Å². The predicted octanol–water partition coefficient (Wildman–Crippen LogP) is 0.763. The first-order valence-corrected chi connectivity index (χ1v) is 4.65. The van der Waals surface area contributed by atoms with Gasteiger partial charge in [0.2, 0.25) is 0 Å². The molecule has 0 N–H and O–H groups in total. The molecule has 0 radical (unpaired) electrons.